The summed E-state index contributed by atoms with van der Waals surface area (Å²) in [4.78, 5) is 14.7. The first-order valence-electron chi connectivity index (χ1n) is 17.3. The highest BCUT2D eigenvalue weighted by atomic mass is 31.2. The van der Waals surface area contributed by atoms with Crippen molar-refractivity contribution in [3.63, 3.8) is 0 Å². The van der Waals surface area contributed by atoms with Crippen molar-refractivity contribution in [2.24, 2.45) is 11.0 Å². The van der Waals surface area contributed by atoms with Gasteiger partial charge in [-0.05, 0) is 93.9 Å². The van der Waals surface area contributed by atoms with Crippen LogP contribution in [0.3, 0.4) is 0 Å². The summed E-state index contributed by atoms with van der Waals surface area (Å²) in [6.07, 6.45) is -13.3. The number of nitrogens with zero attached hydrogens (tertiary/aromatic N) is 3. The van der Waals surface area contributed by atoms with Gasteiger partial charge in [0.2, 0.25) is 0 Å². The van der Waals surface area contributed by atoms with Crippen molar-refractivity contribution in [2.75, 3.05) is 20.8 Å². The largest absolute Gasteiger partial charge is 0.457 e. The van der Waals surface area contributed by atoms with Gasteiger partial charge < -0.3 is 9.47 Å². The quantitative estimate of drug-likeness (QED) is 0.177. The molecular weight excluding hydrogens is 710 g/mol. The summed E-state index contributed by atoms with van der Waals surface area (Å²) in [5.74, 6) is -2.89. The third-order valence-corrected chi connectivity index (χ3v) is 11.6. The van der Waals surface area contributed by atoms with Crippen molar-refractivity contribution in [1.29, 1.82) is 0 Å². The van der Waals surface area contributed by atoms with Crippen LogP contribution in [0.4, 0.5) is 30.7 Å². The fourth-order valence-electron chi connectivity index (χ4n) is 6.26. The number of carbonyl (C=O) groups is 1. The average molecular weight is 757 g/mol. The molecule has 0 saturated carbocycles. The molecule has 1 saturated heterocycles. The number of rotatable bonds is 10. The SMILES string of the molecule is [2H]c1c([2H])c([C@H]2[C@@H](O[C@@](C)(c3cc(C(F)(F)F)cc(C(F)(F)F)c3C)C(C)C)OC(C)C(C)(C)N2CC2=NN(P(=O)(OC)OC)C(=O)C2)c(C)c([2H])c1F. The lowest BCUT2D eigenvalue weighted by Gasteiger charge is -2.56. The molecule has 2 aliphatic rings. The molecule has 2 aromatic carbocycles. The van der Waals surface area contributed by atoms with E-state index in [1.54, 1.807) is 25.7 Å². The number of halogens is 7. The Balaban J connectivity index is 2.02. The zero-order chi connectivity index (χ0) is 41.3. The highest BCUT2D eigenvalue weighted by Crippen LogP contribution is 2.53. The van der Waals surface area contributed by atoms with E-state index >= 15 is 4.39 Å². The second-order valence-electron chi connectivity index (χ2n) is 13.5. The van der Waals surface area contributed by atoms with Gasteiger partial charge in [-0.2, -0.15) is 31.4 Å². The van der Waals surface area contributed by atoms with Crippen LogP contribution in [0.15, 0.2) is 35.4 Å². The molecule has 1 amide bonds. The number of morpholine rings is 1. The zero-order valence-corrected chi connectivity index (χ0v) is 30.7. The van der Waals surface area contributed by atoms with E-state index in [0.29, 0.717) is 10.8 Å². The number of amides is 1. The van der Waals surface area contributed by atoms with Crippen molar-refractivity contribution in [1.82, 2.24) is 9.68 Å². The molecule has 17 heteroatoms. The van der Waals surface area contributed by atoms with E-state index < -0.39 is 114 Å². The Kier molecular flexibility index (Phi) is 10.1. The van der Waals surface area contributed by atoms with E-state index in [1.807, 2.05) is 0 Å². The lowest BCUT2D eigenvalue weighted by molar-refractivity contribution is -0.310. The first-order valence-corrected chi connectivity index (χ1v) is 17.3. The van der Waals surface area contributed by atoms with E-state index in [4.69, 9.17) is 22.6 Å². The summed E-state index contributed by atoms with van der Waals surface area (Å²) in [5, 5.41) is 4.21. The van der Waals surface area contributed by atoms with Crippen LogP contribution < -0.4 is 0 Å². The van der Waals surface area contributed by atoms with Crippen molar-refractivity contribution in [3.05, 3.63) is 69.5 Å². The van der Waals surface area contributed by atoms with Gasteiger partial charge in [0.05, 0.1) is 45.1 Å². The first-order chi connectivity index (χ1) is 24.6. The molecule has 0 bridgehead atoms. The third kappa shape index (κ3) is 7.77. The van der Waals surface area contributed by atoms with Gasteiger partial charge in [-0.25, -0.2) is 8.96 Å². The minimum absolute atomic E-state index is 0.0323. The fraction of sp³-hybridized carbons (Fsp3) is 0.588. The molecule has 0 N–H and O–H groups in total. The third-order valence-electron chi connectivity index (χ3n) is 9.87. The molecule has 2 heterocycles. The summed E-state index contributed by atoms with van der Waals surface area (Å²) >= 11 is 0. The van der Waals surface area contributed by atoms with Crippen LogP contribution in [-0.4, -0.2) is 60.0 Å². The van der Waals surface area contributed by atoms with Gasteiger partial charge in [-0.15, -0.1) is 4.78 Å². The van der Waals surface area contributed by atoms with Crippen LogP contribution in [0.5, 0.6) is 0 Å². The van der Waals surface area contributed by atoms with Crippen LogP contribution in [0.2, 0.25) is 0 Å². The molecule has 284 valence electrons. The lowest BCUT2D eigenvalue weighted by Crippen LogP contribution is -2.64. The number of alkyl halides is 6. The molecule has 4 atom stereocenters. The molecule has 1 fully saturated rings. The Labute approximate surface area is 296 Å². The van der Waals surface area contributed by atoms with Gasteiger partial charge in [-0.1, -0.05) is 19.9 Å². The Morgan fingerprint density at radius 2 is 1.67 bits per heavy atom. The number of hydrogen-bond acceptors (Lipinski definition) is 8. The van der Waals surface area contributed by atoms with Crippen LogP contribution in [0.1, 0.15) is 91.5 Å². The monoisotopic (exact) mass is 756 g/mol. The van der Waals surface area contributed by atoms with Crippen molar-refractivity contribution in [2.45, 2.75) is 104 Å². The van der Waals surface area contributed by atoms with Gasteiger partial charge in [-0.3, -0.25) is 18.7 Å². The van der Waals surface area contributed by atoms with Crippen molar-refractivity contribution >= 4 is 19.4 Å². The van der Waals surface area contributed by atoms with Crippen LogP contribution in [0.25, 0.3) is 0 Å². The predicted molar refractivity (Wildman–Crippen MR) is 174 cm³/mol. The van der Waals surface area contributed by atoms with Crippen molar-refractivity contribution in [3.8, 4) is 0 Å². The molecule has 51 heavy (non-hydrogen) atoms. The number of ether oxygens (including phenoxy) is 2. The van der Waals surface area contributed by atoms with E-state index in [2.05, 4.69) is 5.10 Å². The van der Waals surface area contributed by atoms with Crippen LogP contribution in [-0.2, 0) is 45.8 Å². The highest BCUT2D eigenvalue weighted by molar-refractivity contribution is 7.52. The van der Waals surface area contributed by atoms with Gasteiger partial charge in [0.25, 0.3) is 5.91 Å². The standard InChI is InChI=1S/C34H43F7N3O6P/c1-18(2)32(8,26-14-22(33(36,37)38)15-27(20(26)4)34(39,40)41)50-30-29(25-12-11-23(35)13-19(25)3)43(31(6,7)21(5)49-30)17-24-16-28(45)44(42-24)51(46,47-9)48-10/h11-15,18,21,29-30H,16-17H2,1-10H3/t21?,29-,30+,32+/m0/s1/i11D,12D,13D. The second kappa shape index (κ2) is 14.2. The lowest BCUT2D eigenvalue weighted by atomic mass is 9.79. The molecule has 2 aliphatic heterocycles. The maximum Gasteiger partial charge on any atom is 0.457 e. The summed E-state index contributed by atoms with van der Waals surface area (Å²) in [6.45, 7) is 11.4. The molecule has 2 aromatic rings. The molecule has 0 aromatic heterocycles. The van der Waals surface area contributed by atoms with Crippen LogP contribution in [0, 0.1) is 25.6 Å². The Morgan fingerprint density at radius 1 is 1.08 bits per heavy atom. The summed E-state index contributed by atoms with van der Waals surface area (Å²) in [5.41, 5.74) is -7.37. The molecule has 0 spiro atoms. The molecule has 9 nitrogen and oxygen atoms in total. The number of carbonyl (C=O) groups excluding carboxylic acids is 1. The van der Waals surface area contributed by atoms with Gasteiger partial charge >= 0.3 is 20.1 Å². The Morgan fingerprint density at radius 3 is 2.20 bits per heavy atom. The molecular formula is C34H43F7N3O6P. The minimum atomic E-state index is -5.18. The smallest absolute Gasteiger partial charge is 0.346 e. The topological polar surface area (TPSA) is 89.9 Å². The molecule has 0 radical (unpaired) electrons. The van der Waals surface area contributed by atoms with E-state index in [9.17, 15) is 35.7 Å². The van der Waals surface area contributed by atoms with E-state index in [1.165, 1.54) is 27.7 Å². The zero-order valence-electron chi connectivity index (χ0n) is 32.8. The summed E-state index contributed by atoms with van der Waals surface area (Å²) < 4.78 is 163. The minimum Gasteiger partial charge on any atom is -0.346 e. The Bertz CT molecular complexity index is 1860. The first kappa shape index (κ1) is 36.5. The summed E-state index contributed by atoms with van der Waals surface area (Å²) in [7, 11) is -2.10. The van der Waals surface area contributed by atoms with Gasteiger partial charge in [0.15, 0.2) is 6.29 Å². The van der Waals surface area contributed by atoms with E-state index in [-0.39, 0.29) is 29.4 Å². The van der Waals surface area contributed by atoms with Gasteiger partial charge in [0.1, 0.15) is 5.82 Å². The highest BCUT2D eigenvalue weighted by Gasteiger charge is 2.53. The predicted octanol–water partition coefficient (Wildman–Crippen LogP) is 8.92. The number of benzene rings is 2. The van der Waals surface area contributed by atoms with Gasteiger partial charge in [0, 0.05) is 26.3 Å². The molecule has 4 rings (SSSR count). The number of hydrogen-bond donors (Lipinski definition) is 0. The maximum atomic E-state index is 15.0. The van der Waals surface area contributed by atoms with Crippen LogP contribution >= 0.6 is 7.75 Å². The molecule has 1 unspecified atom stereocenters. The second-order valence-corrected chi connectivity index (χ2v) is 15.6. The Hall–Kier alpha value is -2.88. The van der Waals surface area contributed by atoms with Crippen molar-refractivity contribution < 1.29 is 62.7 Å². The number of hydrazone groups is 1. The molecule has 0 aliphatic carbocycles. The fourth-order valence-corrected chi connectivity index (χ4v) is 7.30. The normalized spacial score (nSPS) is 24.0. The average Bonchev–Trinajstić information content (AvgIpc) is 3.45. The summed E-state index contributed by atoms with van der Waals surface area (Å²) in [6, 6.07) is -3.18. The van der Waals surface area contributed by atoms with E-state index in [0.717, 1.165) is 21.1 Å². The maximum absolute atomic E-state index is 15.0.